The van der Waals surface area contributed by atoms with Gasteiger partial charge in [-0.3, -0.25) is 9.78 Å². The monoisotopic (exact) mass is 316 g/mol. The smallest absolute Gasteiger partial charge is 0.244 e. The van der Waals surface area contributed by atoms with Gasteiger partial charge in [-0.1, -0.05) is 16.2 Å². The highest BCUT2D eigenvalue weighted by Gasteiger charge is 2.28. The van der Waals surface area contributed by atoms with E-state index in [1.807, 2.05) is 16.2 Å². The Bertz CT molecular complexity index is 645. The third-order valence-corrected chi connectivity index (χ3v) is 5.52. The molecule has 2 heterocycles. The van der Waals surface area contributed by atoms with Crippen LogP contribution in [0.15, 0.2) is 23.3 Å². The molecule has 1 atom stereocenters. The summed E-state index contributed by atoms with van der Waals surface area (Å²) in [4.78, 5) is 17.2. The minimum atomic E-state index is -3.67. The normalized spacial score (nSPS) is 18.8. The standard InChI is InChI=1S/C12H18N3O3PS/c1-2-14-3-5-15(6-4-14)20(17,18)11-7-10(12(16)19)8-13-9-11/h7-9H,2-6,19H2,1H3/i8D. The van der Waals surface area contributed by atoms with Gasteiger partial charge in [0.1, 0.15) is 4.90 Å². The second kappa shape index (κ2) is 6.26. The lowest BCUT2D eigenvalue weighted by atomic mass is 10.3. The molecular weight excluding hydrogens is 297 g/mol. The molecule has 0 aromatic carbocycles. The van der Waals surface area contributed by atoms with Crippen molar-refractivity contribution in [3.05, 3.63) is 24.0 Å². The van der Waals surface area contributed by atoms with Gasteiger partial charge in [0.05, 0.1) is 1.37 Å². The second-order valence-corrected chi connectivity index (χ2v) is 7.00. The molecule has 0 N–H and O–H groups in total. The summed E-state index contributed by atoms with van der Waals surface area (Å²) >= 11 is 0. The van der Waals surface area contributed by atoms with Crippen molar-refractivity contribution in [3.8, 4) is 0 Å². The zero-order chi connectivity index (χ0) is 15.6. The van der Waals surface area contributed by atoms with E-state index < -0.39 is 15.5 Å². The summed E-state index contributed by atoms with van der Waals surface area (Å²) in [6, 6.07) is 1.23. The quantitative estimate of drug-likeness (QED) is 0.753. The van der Waals surface area contributed by atoms with Gasteiger partial charge in [0.2, 0.25) is 10.0 Å². The highest BCUT2D eigenvalue weighted by Crippen LogP contribution is 2.18. The minimum absolute atomic E-state index is 0.00623. The van der Waals surface area contributed by atoms with Crippen molar-refractivity contribution in [1.82, 2.24) is 14.2 Å². The van der Waals surface area contributed by atoms with Crippen molar-refractivity contribution in [2.24, 2.45) is 0 Å². The maximum Gasteiger partial charge on any atom is 0.244 e. The number of pyridine rings is 1. The third-order valence-electron chi connectivity index (χ3n) is 3.35. The molecule has 20 heavy (non-hydrogen) atoms. The van der Waals surface area contributed by atoms with Gasteiger partial charge in [-0.15, -0.1) is 0 Å². The first-order chi connectivity index (χ1) is 9.86. The zero-order valence-electron chi connectivity index (χ0n) is 12.2. The van der Waals surface area contributed by atoms with Crippen LogP contribution < -0.4 is 0 Å². The van der Waals surface area contributed by atoms with E-state index in [1.54, 1.807) is 0 Å². The van der Waals surface area contributed by atoms with Crippen LogP contribution >= 0.6 is 9.24 Å². The molecule has 1 fully saturated rings. The van der Waals surface area contributed by atoms with E-state index in [9.17, 15) is 13.2 Å². The molecule has 2 rings (SSSR count). The number of piperazine rings is 1. The van der Waals surface area contributed by atoms with Gasteiger partial charge in [-0.25, -0.2) is 8.42 Å². The Labute approximate surface area is 122 Å². The molecule has 110 valence electrons. The summed E-state index contributed by atoms with van der Waals surface area (Å²) in [6.07, 6.45) is 0.922. The number of hydrogen-bond donors (Lipinski definition) is 0. The highest BCUT2D eigenvalue weighted by molar-refractivity contribution is 7.89. The number of carbonyl (C=O) groups excluding carboxylic acids is 1. The molecule has 0 amide bonds. The van der Waals surface area contributed by atoms with E-state index in [-0.39, 0.29) is 16.6 Å². The summed E-state index contributed by atoms with van der Waals surface area (Å²) in [6.45, 7) is 5.16. The van der Waals surface area contributed by atoms with E-state index in [0.717, 1.165) is 12.7 Å². The Morgan fingerprint density at radius 2 is 2.10 bits per heavy atom. The first-order valence-electron chi connectivity index (χ1n) is 6.85. The third kappa shape index (κ3) is 3.23. The predicted octanol–water partition coefficient (Wildman–Crippen LogP) is 0.423. The molecule has 0 aliphatic carbocycles. The number of sulfonamides is 1. The zero-order valence-corrected chi connectivity index (χ0v) is 13.2. The van der Waals surface area contributed by atoms with E-state index in [2.05, 4.69) is 9.88 Å². The molecule has 0 bridgehead atoms. The van der Waals surface area contributed by atoms with Crippen LogP contribution in [0.2, 0.25) is 0 Å². The molecule has 6 nitrogen and oxygen atoms in total. The number of hydrogen-bond acceptors (Lipinski definition) is 5. The average molecular weight is 316 g/mol. The number of rotatable bonds is 4. The van der Waals surface area contributed by atoms with Gasteiger partial charge in [-0.05, 0) is 12.6 Å². The minimum Gasteiger partial charge on any atom is -0.301 e. The fourth-order valence-corrected chi connectivity index (χ4v) is 3.62. The molecular formula is C12H18N3O3PS. The Morgan fingerprint density at radius 1 is 1.45 bits per heavy atom. The number of carbonyl (C=O) groups is 1. The van der Waals surface area contributed by atoms with Gasteiger partial charge in [0.25, 0.3) is 0 Å². The maximum absolute atomic E-state index is 12.6. The first-order valence-corrected chi connectivity index (χ1v) is 8.37. The van der Waals surface area contributed by atoms with Crippen LogP contribution in [-0.4, -0.2) is 60.9 Å². The molecule has 0 radical (unpaired) electrons. The van der Waals surface area contributed by atoms with E-state index in [0.29, 0.717) is 26.2 Å². The molecule has 1 aromatic heterocycles. The number of aromatic nitrogens is 1. The van der Waals surface area contributed by atoms with Crippen LogP contribution in [0.3, 0.4) is 0 Å². The first kappa shape index (κ1) is 14.1. The van der Waals surface area contributed by atoms with E-state index in [1.165, 1.54) is 10.4 Å². The second-order valence-electron chi connectivity index (χ2n) is 4.53. The summed E-state index contributed by atoms with van der Waals surface area (Å²) < 4.78 is 34.1. The van der Waals surface area contributed by atoms with Gasteiger partial charge < -0.3 is 4.90 Å². The van der Waals surface area contributed by atoms with Gasteiger partial charge in [0.15, 0.2) is 5.52 Å². The fraction of sp³-hybridized carbons (Fsp3) is 0.500. The molecule has 8 heteroatoms. The summed E-state index contributed by atoms with van der Waals surface area (Å²) in [5, 5.41) is 0. The summed E-state index contributed by atoms with van der Waals surface area (Å²) in [7, 11) is -1.73. The number of likely N-dealkylation sites (N-methyl/N-ethyl adjacent to an activating group) is 1. The maximum atomic E-state index is 12.6. The largest absolute Gasteiger partial charge is 0.301 e. The molecule has 0 saturated carbocycles. The molecule has 1 saturated heterocycles. The van der Waals surface area contributed by atoms with E-state index >= 15 is 0 Å². The van der Waals surface area contributed by atoms with Crippen molar-refractivity contribution >= 4 is 24.8 Å². The van der Waals surface area contributed by atoms with Crippen LogP contribution in [0.1, 0.15) is 18.7 Å². The Hall–Kier alpha value is -0.880. The summed E-state index contributed by atoms with van der Waals surface area (Å²) in [5.74, 6) is 0. The van der Waals surface area contributed by atoms with Crippen molar-refractivity contribution in [2.75, 3.05) is 32.7 Å². The summed E-state index contributed by atoms with van der Waals surface area (Å²) in [5.41, 5.74) is -0.450. The van der Waals surface area contributed by atoms with Crippen LogP contribution in [0.5, 0.6) is 0 Å². The van der Waals surface area contributed by atoms with Crippen molar-refractivity contribution in [1.29, 1.82) is 0 Å². The van der Waals surface area contributed by atoms with Crippen LogP contribution in [-0.2, 0) is 10.0 Å². The average Bonchev–Trinajstić information content (AvgIpc) is 2.47. The highest BCUT2D eigenvalue weighted by atomic mass is 32.2. The van der Waals surface area contributed by atoms with Crippen molar-refractivity contribution in [3.63, 3.8) is 0 Å². The SMILES string of the molecule is [2H]c1ncc(S(=O)(=O)N2CCN(CC)CC2)cc1C(=O)P. The van der Waals surface area contributed by atoms with Crippen molar-refractivity contribution in [2.45, 2.75) is 11.8 Å². The number of nitrogens with zero attached hydrogens (tertiary/aromatic N) is 3. The lowest BCUT2D eigenvalue weighted by Gasteiger charge is -2.33. The molecule has 0 spiro atoms. The lowest BCUT2D eigenvalue weighted by Crippen LogP contribution is -2.48. The van der Waals surface area contributed by atoms with Gasteiger partial charge in [-0.2, -0.15) is 4.31 Å². The Kier molecular flexibility index (Phi) is 4.41. The lowest BCUT2D eigenvalue weighted by molar-refractivity contribution is 0.108. The van der Waals surface area contributed by atoms with Gasteiger partial charge >= 0.3 is 0 Å². The topological polar surface area (TPSA) is 70.6 Å². The van der Waals surface area contributed by atoms with E-state index in [4.69, 9.17) is 1.37 Å². The molecule has 1 unspecified atom stereocenters. The predicted molar refractivity (Wildman–Crippen MR) is 79.2 cm³/mol. The fourth-order valence-electron chi connectivity index (χ4n) is 2.08. The van der Waals surface area contributed by atoms with Crippen molar-refractivity contribution < 1.29 is 14.6 Å². The van der Waals surface area contributed by atoms with Crippen LogP contribution in [0.4, 0.5) is 0 Å². The van der Waals surface area contributed by atoms with Gasteiger partial charge in [0, 0.05) is 44.1 Å². The molecule has 1 aromatic rings. The Balaban J connectivity index is 2.28. The Morgan fingerprint density at radius 3 is 2.65 bits per heavy atom. The molecule has 1 aliphatic heterocycles. The molecule has 1 aliphatic rings. The van der Waals surface area contributed by atoms with Crippen LogP contribution in [0, 0.1) is 0 Å². The van der Waals surface area contributed by atoms with Crippen LogP contribution in [0.25, 0.3) is 0 Å².